The van der Waals surface area contributed by atoms with Crippen LogP contribution < -0.4 is 10.6 Å². The SMILES string of the molecule is C=C/C(=C\C(=C/C)C(=C)/C=c1/c(-c2cc3c(-c4ccc(C(=C)C)s4)cncc3[nH]2)n[nH]/c1=C/C)CN1CCCC1. The van der Waals surface area contributed by atoms with Crippen molar-refractivity contribution in [2.75, 3.05) is 19.6 Å². The molecule has 2 N–H and O–H groups in total. The van der Waals surface area contributed by atoms with Crippen molar-refractivity contribution in [3.05, 3.63) is 101 Å². The number of nitrogens with one attached hydrogen (secondary N) is 2. The maximum absolute atomic E-state index is 4.72. The highest BCUT2D eigenvalue weighted by atomic mass is 32.1. The first-order valence-corrected chi connectivity index (χ1v) is 14.6. The van der Waals surface area contributed by atoms with Crippen LogP contribution in [0.3, 0.4) is 0 Å². The predicted octanol–water partition coefficient (Wildman–Crippen LogP) is 7.01. The molecule has 0 amide bonds. The van der Waals surface area contributed by atoms with Gasteiger partial charge in [0.1, 0.15) is 5.69 Å². The number of thiophene rings is 1. The zero-order valence-corrected chi connectivity index (χ0v) is 24.5. The first-order valence-electron chi connectivity index (χ1n) is 13.8. The molecule has 0 saturated carbocycles. The number of hydrogen-bond acceptors (Lipinski definition) is 4. The molecule has 0 aliphatic carbocycles. The van der Waals surface area contributed by atoms with Crippen LogP contribution in [0.25, 0.3) is 50.5 Å². The Morgan fingerprint density at radius 3 is 2.62 bits per heavy atom. The highest BCUT2D eigenvalue weighted by Crippen LogP contribution is 2.36. The van der Waals surface area contributed by atoms with Gasteiger partial charge in [-0.05, 0) is 93.3 Å². The zero-order valence-electron chi connectivity index (χ0n) is 23.7. The topological polar surface area (TPSA) is 60.6 Å². The lowest BCUT2D eigenvalue weighted by Crippen LogP contribution is -2.24. The molecule has 5 nitrogen and oxygen atoms in total. The van der Waals surface area contributed by atoms with Gasteiger partial charge in [0.05, 0.1) is 22.8 Å². The van der Waals surface area contributed by atoms with E-state index in [0.29, 0.717) is 0 Å². The fraction of sp³-hybridized carbons (Fsp3) is 0.235. The fourth-order valence-corrected chi connectivity index (χ4v) is 6.17. The van der Waals surface area contributed by atoms with Crippen LogP contribution in [0, 0.1) is 0 Å². The second-order valence-corrected chi connectivity index (χ2v) is 11.4. The molecule has 1 fully saturated rings. The number of allylic oxidation sites excluding steroid dienone is 5. The summed E-state index contributed by atoms with van der Waals surface area (Å²) in [6.45, 7) is 21.9. The molecule has 0 bridgehead atoms. The van der Waals surface area contributed by atoms with E-state index in [9.17, 15) is 0 Å². The summed E-state index contributed by atoms with van der Waals surface area (Å²) in [5.41, 5.74) is 8.14. The summed E-state index contributed by atoms with van der Waals surface area (Å²) in [7, 11) is 0. The molecular weight excluding hydrogens is 510 g/mol. The van der Waals surface area contributed by atoms with Crippen molar-refractivity contribution in [2.45, 2.75) is 33.6 Å². The quantitative estimate of drug-likeness (QED) is 0.222. The number of aromatic nitrogens is 4. The summed E-state index contributed by atoms with van der Waals surface area (Å²) < 4.78 is 0. The first kappa shape index (κ1) is 27.6. The van der Waals surface area contributed by atoms with Crippen LogP contribution in [0.5, 0.6) is 0 Å². The number of rotatable bonds is 9. The highest BCUT2D eigenvalue weighted by molar-refractivity contribution is 7.16. The van der Waals surface area contributed by atoms with Crippen molar-refractivity contribution >= 4 is 40.0 Å². The summed E-state index contributed by atoms with van der Waals surface area (Å²) in [4.78, 5) is 12.9. The molecule has 5 heterocycles. The third-order valence-corrected chi connectivity index (χ3v) is 8.70. The van der Waals surface area contributed by atoms with E-state index in [1.165, 1.54) is 28.2 Å². The summed E-state index contributed by atoms with van der Waals surface area (Å²) in [6.07, 6.45) is 16.8. The molecular formula is C34H37N5S. The predicted molar refractivity (Wildman–Crippen MR) is 172 cm³/mol. The minimum Gasteiger partial charge on any atom is -0.352 e. The molecule has 0 unspecified atom stereocenters. The van der Waals surface area contributed by atoms with Gasteiger partial charge in [0.25, 0.3) is 0 Å². The Balaban J connectivity index is 1.53. The van der Waals surface area contributed by atoms with Crippen LogP contribution in [0.1, 0.15) is 38.5 Å². The third kappa shape index (κ3) is 5.64. The molecule has 4 aromatic rings. The molecule has 1 saturated heterocycles. The molecule has 6 heteroatoms. The van der Waals surface area contributed by atoms with Crippen LogP contribution in [0.2, 0.25) is 0 Å². The smallest absolute Gasteiger partial charge is 0.116 e. The number of fused-ring (bicyclic) bond motifs is 1. The number of aromatic amines is 2. The van der Waals surface area contributed by atoms with Gasteiger partial charge in [0.2, 0.25) is 0 Å². The highest BCUT2D eigenvalue weighted by Gasteiger charge is 2.15. The number of H-pyrrole nitrogens is 2. The Bertz CT molecular complexity index is 1770. The van der Waals surface area contributed by atoms with Crippen molar-refractivity contribution in [1.82, 2.24) is 25.1 Å². The largest absolute Gasteiger partial charge is 0.352 e. The van der Waals surface area contributed by atoms with Gasteiger partial charge in [-0.1, -0.05) is 44.0 Å². The Morgan fingerprint density at radius 2 is 1.95 bits per heavy atom. The van der Waals surface area contributed by atoms with Crippen LogP contribution in [-0.4, -0.2) is 44.7 Å². The van der Waals surface area contributed by atoms with Gasteiger partial charge in [0, 0.05) is 38.7 Å². The van der Waals surface area contributed by atoms with Crippen LogP contribution in [0.15, 0.2) is 85.3 Å². The van der Waals surface area contributed by atoms with E-state index in [0.717, 1.165) is 74.8 Å². The number of pyridine rings is 1. The van der Waals surface area contributed by atoms with Gasteiger partial charge in [-0.2, -0.15) is 5.10 Å². The van der Waals surface area contributed by atoms with Crippen LogP contribution in [-0.2, 0) is 0 Å². The second kappa shape index (κ2) is 12.0. The molecule has 204 valence electrons. The minimum absolute atomic E-state index is 0.852. The van der Waals surface area contributed by atoms with E-state index in [2.05, 4.69) is 83.1 Å². The van der Waals surface area contributed by atoms with Gasteiger partial charge in [-0.15, -0.1) is 11.3 Å². The maximum Gasteiger partial charge on any atom is 0.116 e. The van der Waals surface area contributed by atoms with Gasteiger partial charge in [-0.3, -0.25) is 15.0 Å². The molecule has 0 spiro atoms. The zero-order chi connectivity index (χ0) is 28.2. The third-order valence-electron chi connectivity index (χ3n) is 7.42. The van der Waals surface area contributed by atoms with E-state index in [1.54, 1.807) is 11.3 Å². The lowest BCUT2D eigenvalue weighted by atomic mass is 10.0. The summed E-state index contributed by atoms with van der Waals surface area (Å²) >= 11 is 1.74. The lowest BCUT2D eigenvalue weighted by Gasteiger charge is -2.15. The average Bonchev–Trinajstić information content (AvgIpc) is 3.76. The molecule has 0 radical (unpaired) electrons. The Kier molecular flexibility index (Phi) is 8.29. The second-order valence-electron chi connectivity index (χ2n) is 10.3. The van der Waals surface area contributed by atoms with E-state index >= 15 is 0 Å². The van der Waals surface area contributed by atoms with E-state index in [4.69, 9.17) is 5.10 Å². The Hall–Kier alpha value is -4.00. The molecule has 4 aromatic heterocycles. The molecule has 5 rings (SSSR count). The van der Waals surface area contributed by atoms with Crippen molar-refractivity contribution in [3.63, 3.8) is 0 Å². The van der Waals surface area contributed by atoms with Gasteiger partial charge in [-0.25, -0.2) is 0 Å². The summed E-state index contributed by atoms with van der Waals surface area (Å²) in [5.74, 6) is 0. The summed E-state index contributed by atoms with van der Waals surface area (Å²) in [5, 5.41) is 11.0. The normalized spacial score (nSPS) is 15.9. The van der Waals surface area contributed by atoms with E-state index < -0.39 is 0 Å². The average molecular weight is 548 g/mol. The van der Waals surface area contributed by atoms with Crippen molar-refractivity contribution in [3.8, 4) is 21.8 Å². The van der Waals surface area contributed by atoms with Crippen molar-refractivity contribution in [1.29, 1.82) is 0 Å². The van der Waals surface area contributed by atoms with Crippen LogP contribution >= 0.6 is 11.3 Å². The molecule has 40 heavy (non-hydrogen) atoms. The lowest BCUT2D eigenvalue weighted by molar-refractivity contribution is 0.371. The molecule has 0 aromatic carbocycles. The summed E-state index contributed by atoms with van der Waals surface area (Å²) in [6, 6.07) is 6.44. The maximum atomic E-state index is 4.72. The number of hydrogen-bond donors (Lipinski definition) is 2. The Morgan fingerprint density at radius 1 is 1.15 bits per heavy atom. The van der Waals surface area contributed by atoms with Crippen molar-refractivity contribution in [2.24, 2.45) is 0 Å². The standard InChI is InChI=1S/C34H37N5S/c1-7-24(21-39-14-10-11-15-39)17-25(8-2)23(6)16-27-29(9-3)37-38-34(27)30-18-26-28(19-35-20-31(26)36-30)33-13-12-32(40-33)22(4)5/h7-9,12-13,16-20,36-37H,1,4,6,10-11,14-15,21H2,2-3,5H3/b24-17+,25-8+,27-16+,29-9+. The fourth-order valence-electron chi connectivity index (χ4n) is 5.21. The van der Waals surface area contributed by atoms with Crippen LogP contribution in [0.4, 0.5) is 0 Å². The Labute approximate surface area is 240 Å². The molecule has 0 atom stereocenters. The minimum atomic E-state index is 0.852. The van der Waals surface area contributed by atoms with Gasteiger partial charge >= 0.3 is 0 Å². The van der Waals surface area contributed by atoms with Crippen molar-refractivity contribution < 1.29 is 0 Å². The molecule has 1 aliphatic rings. The monoisotopic (exact) mass is 547 g/mol. The molecule has 1 aliphatic heterocycles. The van der Waals surface area contributed by atoms with Gasteiger partial charge < -0.3 is 4.98 Å². The van der Waals surface area contributed by atoms with Gasteiger partial charge in [0.15, 0.2) is 0 Å². The number of nitrogens with zero attached hydrogens (tertiary/aromatic N) is 3. The first-order chi connectivity index (χ1) is 19.4. The van der Waals surface area contributed by atoms with E-state index in [1.807, 2.05) is 38.4 Å². The number of likely N-dealkylation sites (tertiary alicyclic amines) is 1. The van der Waals surface area contributed by atoms with E-state index in [-0.39, 0.29) is 0 Å².